The summed E-state index contributed by atoms with van der Waals surface area (Å²) in [5.41, 5.74) is 8.34. The molecule has 0 aliphatic heterocycles. The zero-order valence-electron chi connectivity index (χ0n) is 11.4. The Kier molecular flexibility index (Phi) is 4.36. The van der Waals surface area contributed by atoms with Crippen molar-refractivity contribution in [1.82, 2.24) is 4.98 Å². The Bertz CT molecular complexity index is 595. The summed E-state index contributed by atoms with van der Waals surface area (Å²) in [6.07, 6.45) is 0. The highest BCUT2D eigenvalue weighted by Crippen LogP contribution is 2.23. The van der Waals surface area contributed by atoms with Crippen LogP contribution in [0.5, 0.6) is 0 Å². The van der Waals surface area contributed by atoms with Crippen molar-refractivity contribution in [3.63, 3.8) is 0 Å². The van der Waals surface area contributed by atoms with E-state index in [1.165, 1.54) is 22.5 Å². The number of carbonyl (C=O) groups is 1. The van der Waals surface area contributed by atoms with Gasteiger partial charge in [0.2, 0.25) is 0 Å². The number of benzene rings is 1. The van der Waals surface area contributed by atoms with Crippen LogP contribution in [-0.2, 0) is 11.3 Å². The second-order valence-corrected chi connectivity index (χ2v) is 5.55. The van der Waals surface area contributed by atoms with E-state index < -0.39 is 12.0 Å². The van der Waals surface area contributed by atoms with Gasteiger partial charge < -0.3 is 15.7 Å². The SMILES string of the molecule is Cc1ccc(CN(C)c2nc(C(N)C(=O)O)cs2)cc1. The average Bonchev–Trinajstić information content (AvgIpc) is 2.90. The van der Waals surface area contributed by atoms with Crippen LogP contribution in [0.15, 0.2) is 29.6 Å². The van der Waals surface area contributed by atoms with Gasteiger partial charge in [-0.05, 0) is 12.5 Å². The number of anilines is 1. The predicted octanol–water partition coefficient (Wildman–Crippen LogP) is 2.17. The third-order valence-electron chi connectivity index (χ3n) is 2.96. The van der Waals surface area contributed by atoms with Crippen molar-refractivity contribution < 1.29 is 9.90 Å². The lowest BCUT2D eigenvalue weighted by Crippen LogP contribution is -2.21. The summed E-state index contributed by atoms with van der Waals surface area (Å²) >= 11 is 1.40. The van der Waals surface area contributed by atoms with Crippen LogP contribution in [-0.4, -0.2) is 23.1 Å². The minimum absolute atomic E-state index is 0.397. The zero-order valence-corrected chi connectivity index (χ0v) is 12.2. The molecule has 0 aliphatic carbocycles. The number of carboxylic acid groups (broad SMARTS) is 1. The van der Waals surface area contributed by atoms with Crippen LogP contribution < -0.4 is 10.6 Å². The summed E-state index contributed by atoms with van der Waals surface area (Å²) < 4.78 is 0. The number of nitrogens with zero attached hydrogens (tertiary/aromatic N) is 2. The van der Waals surface area contributed by atoms with Crippen molar-refractivity contribution in [2.75, 3.05) is 11.9 Å². The number of nitrogens with two attached hydrogens (primary N) is 1. The summed E-state index contributed by atoms with van der Waals surface area (Å²) in [7, 11) is 1.93. The van der Waals surface area contributed by atoms with Crippen LogP contribution in [0.1, 0.15) is 22.9 Å². The van der Waals surface area contributed by atoms with Crippen LogP contribution in [0, 0.1) is 6.92 Å². The zero-order chi connectivity index (χ0) is 14.7. The number of carboxylic acids is 1. The van der Waals surface area contributed by atoms with Gasteiger partial charge in [-0.2, -0.15) is 0 Å². The summed E-state index contributed by atoms with van der Waals surface area (Å²) in [5, 5.41) is 11.3. The molecule has 106 valence electrons. The Labute approximate surface area is 121 Å². The van der Waals surface area contributed by atoms with Gasteiger partial charge in [0.15, 0.2) is 5.13 Å². The number of aromatic nitrogens is 1. The molecule has 0 bridgehead atoms. The van der Waals surface area contributed by atoms with Crippen LogP contribution in [0.4, 0.5) is 5.13 Å². The molecule has 20 heavy (non-hydrogen) atoms. The molecule has 0 amide bonds. The van der Waals surface area contributed by atoms with Crippen LogP contribution in [0.3, 0.4) is 0 Å². The van der Waals surface area contributed by atoms with E-state index in [1.807, 2.05) is 18.9 Å². The monoisotopic (exact) mass is 291 g/mol. The molecular formula is C14H17N3O2S. The van der Waals surface area contributed by atoms with Gasteiger partial charge >= 0.3 is 5.97 Å². The fourth-order valence-corrected chi connectivity index (χ4v) is 2.58. The second-order valence-electron chi connectivity index (χ2n) is 4.71. The van der Waals surface area contributed by atoms with E-state index in [2.05, 4.69) is 29.2 Å². The van der Waals surface area contributed by atoms with Gasteiger partial charge in [0, 0.05) is 19.0 Å². The molecule has 1 aromatic heterocycles. The van der Waals surface area contributed by atoms with E-state index in [1.54, 1.807) is 5.38 Å². The van der Waals surface area contributed by atoms with Crippen LogP contribution >= 0.6 is 11.3 Å². The van der Waals surface area contributed by atoms with Gasteiger partial charge in [0.05, 0.1) is 5.69 Å². The molecule has 2 rings (SSSR count). The predicted molar refractivity (Wildman–Crippen MR) is 80.0 cm³/mol. The molecule has 5 nitrogen and oxygen atoms in total. The smallest absolute Gasteiger partial charge is 0.326 e. The van der Waals surface area contributed by atoms with E-state index in [0.29, 0.717) is 5.69 Å². The lowest BCUT2D eigenvalue weighted by atomic mass is 10.1. The van der Waals surface area contributed by atoms with Gasteiger partial charge in [-0.15, -0.1) is 11.3 Å². The number of hydrogen-bond acceptors (Lipinski definition) is 5. The third kappa shape index (κ3) is 3.34. The second kappa shape index (κ2) is 6.02. The summed E-state index contributed by atoms with van der Waals surface area (Å²) in [5.74, 6) is -1.07. The maximum Gasteiger partial charge on any atom is 0.326 e. The Morgan fingerprint density at radius 1 is 1.45 bits per heavy atom. The molecule has 0 radical (unpaired) electrons. The fraction of sp³-hybridized carbons (Fsp3) is 0.286. The molecule has 6 heteroatoms. The molecule has 0 saturated carbocycles. The minimum Gasteiger partial charge on any atom is -0.480 e. The first-order valence-electron chi connectivity index (χ1n) is 6.18. The number of rotatable bonds is 5. The first-order chi connectivity index (χ1) is 9.47. The van der Waals surface area contributed by atoms with Gasteiger partial charge in [0.1, 0.15) is 6.04 Å². The molecule has 3 N–H and O–H groups in total. The van der Waals surface area contributed by atoms with Crippen molar-refractivity contribution in [1.29, 1.82) is 0 Å². The highest BCUT2D eigenvalue weighted by atomic mass is 32.1. The molecule has 0 aliphatic rings. The van der Waals surface area contributed by atoms with Gasteiger partial charge in [-0.3, -0.25) is 4.79 Å². The highest BCUT2D eigenvalue weighted by Gasteiger charge is 2.18. The molecular weight excluding hydrogens is 274 g/mol. The molecule has 1 heterocycles. The number of thiazole rings is 1. The lowest BCUT2D eigenvalue weighted by molar-refractivity contribution is -0.138. The van der Waals surface area contributed by atoms with E-state index in [9.17, 15) is 4.79 Å². The maximum atomic E-state index is 10.8. The molecule has 0 spiro atoms. The average molecular weight is 291 g/mol. The summed E-state index contributed by atoms with van der Waals surface area (Å²) in [6.45, 7) is 2.77. The van der Waals surface area contributed by atoms with Crippen molar-refractivity contribution in [2.45, 2.75) is 19.5 Å². The molecule has 2 aromatic rings. The van der Waals surface area contributed by atoms with Crippen molar-refractivity contribution in [3.8, 4) is 0 Å². The molecule has 0 saturated heterocycles. The third-order valence-corrected chi connectivity index (χ3v) is 3.93. The van der Waals surface area contributed by atoms with E-state index in [-0.39, 0.29) is 0 Å². The van der Waals surface area contributed by atoms with E-state index in [0.717, 1.165) is 11.7 Å². The van der Waals surface area contributed by atoms with E-state index in [4.69, 9.17) is 10.8 Å². The standard InChI is InChI=1S/C14H17N3O2S/c1-9-3-5-10(6-4-9)7-17(2)14-16-11(8-20-14)12(15)13(18)19/h3-6,8,12H,7,15H2,1-2H3,(H,18,19). The Morgan fingerprint density at radius 2 is 2.10 bits per heavy atom. The largest absolute Gasteiger partial charge is 0.480 e. The van der Waals surface area contributed by atoms with Crippen molar-refractivity contribution in [3.05, 3.63) is 46.5 Å². The van der Waals surface area contributed by atoms with Crippen molar-refractivity contribution >= 4 is 22.4 Å². The van der Waals surface area contributed by atoms with Crippen LogP contribution in [0.25, 0.3) is 0 Å². The maximum absolute atomic E-state index is 10.8. The molecule has 0 fully saturated rings. The topological polar surface area (TPSA) is 79.5 Å². The number of aryl methyl sites for hydroxylation is 1. The van der Waals surface area contributed by atoms with E-state index >= 15 is 0 Å². The Balaban J connectivity index is 2.08. The van der Waals surface area contributed by atoms with Crippen LogP contribution in [0.2, 0.25) is 0 Å². The van der Waals surface area contributed by atoms with Gasteiger partial charge in [0.25, 0.3) is 0 Å². The molecule has 1 unspecified atom stereocenters. The first-order valence-corrected chi connectivity index (χ1v) is 7.06. The highest BCUT2D eigenvalue weighted by molar-refractivity contribution is 7.13. The van der Waals surface area contributed by atoms with Gasteiger partial charge in [-0.25, -0.2) is 4.98 Å². The fourth-order valence-electron chi connectivity index (χ4n) is 1.76. The Morgan fingerprint density at radius 3 is 2.70 bits per heavy atom. The summed E-state index contributed by atoms with van der Waals surface area (Å²) in [6, 6.07) is 7.22. The number of aliphatic carboxylic acids is 1. The minimum atomic E-state index is -1.07. The first kappa shape index (κ1) is 14.5. The Hall–Kier alpha value is -1.92. The molecule has 1 atom stereocenters. The number of hydrogen-bond donors (Lipinski definition) is 2. The lowest BCUT2D eigenvalue weighted by Gasteiger charge is -2.15. The normalized spacial score (nSPS) is 12.2. The summed E-state index contributed by atoms with van der Waals surface area (Å²) in [4.78, 5) is 17.1. The quantitative estimate of drug-likeness (QED) is 0.882. The van der Waals surface area contributed by atoms with Crippen molar-refractivity contribution in [2.24, 2.45) is 5.73 Å². The molecule has 1 aromatic carbocycles. The van der Waals surface area contributed by atoms with Gasteiger partial charge in [-0.1, -0.05) is 29.8 Å².